The monoisotopic (exact) mass is 242 g/mol. The van der Waals surface area contributed by atoms with E-state index in [1.165, 1.54) is 13.2 Å². The van der Waals surface area contributed by atoms with Crippen LogP contribution in [0.3, 0.4) is 0 Å². The molecule has 1 fully saturated rings. The fraction of sp³-hybridized carbons (Fsp3) is 0.538. The van der Waals surface area contributed by atoms with Crippen LogP contribution < -0.4 is 4.74 Å². The van der Waals surface area contributed by atoms with E-state index in [1.807, 2.05) is 0 Å². The second-order valence-electron chi connectivity index (χ2n) is 4.75. The minimum absolute atomic E-state index is 0.0910. The molecule has 1 N–H and O–H groups in total. The SMILES string of the molecule is COc1c(CC2(O)CC2)cc(C)cc1C(F)F. The number of rotatable bonds is 4. The summed E-state index contributed by atoms with van der Waals surface area (Å²) in [5.74, 6) is 0.214. The molecule has 0 aliphatic heterocycles. The van der Waals surface area contributed by atoms with Gasteiger partial charge in [0.05, 0.1) is 18.3 Å². The number of methoxy groups -OCH3 is 1. The normalized spacial score (nSPS) is 17.3. The van der Waals surface area contributed by atoms with Gasteiger partial charge in [0.15, 0.2) is 0 Å². The van der Waals surface area contributed by atoms with E-state index in [4.69, 9.17) is 4.74 Å². The molecule has 0 radical (unpaired) electrons. The number of aliphatic hydroxyl groups is 1. The molecule has 1 aromatic rings. The van der Waals surface area contributed by atoms with Gasteiger partial charge in [0, 0.05) is 6.42 Å². The van der Waals surface area contributed by atoms with Gasteiger partial charge in [-0.2, -0.15) is 0 Å². The number of hydrogen-bond donors (Lipinski definition) is 1. The van der Waals surface area contributed by atoms with Gasteiger partial charge in [-0.15, -0.1) is 0 Å². The molecule has 94 valence electrons. The quantitative estimate of drug-likeness (QED) is 0.879. The van der Waals surface area contributed by atoms with Crippen molar-refractivity contribution in [3.05, 3.63) is 28.8 Å². The maximum atomic E-state index is 12.9. The molecular weight excluding hydrogens is 226 g/mol. The van der Waals surface area contributed by atoms with Crippen LogP contribution in [-0.4, -0.2) is 17.8 Å². The van der Waals surface area contributed by atoms with Gasteiger partial charge in [0.25, 0.3) is 6.43 Å². The Morgan fingerprint density at radius 1 is 1.41 bits per heavy atom. The van der Waals surface area contributed by atoms with Crippen molar-refractivity contribution in [3.63, 3.8) is 0 Å². The average molecular weight is 242 g/mol. The van der Waals surface area contributed by atoms with Crippen LogP contribution in [0.25, 0.3) is 0 Å². The summed E-state index contributed by atoms with van der Waals surface area (Å²) in [5.41, 5.74) is 0.635. The number of alkyl halides is 2. The highest BCUT2D eigenvalue weighted by Gasteiger charge is 2.41. The molecule has 2 nitrogen and oxygen atoms in total. The molecule has 0 atom stereocenters. The molecule has 1 aromatic carbocycles. The molecule has 1 saturated carbocycles. The zero-order chi connectivity index (χ0) is 12.6. The van der Waals surface area contributed by atoms with Crippen molar-refractivity contribution < 1.29 is 18.6 Å². The summed E-state index contributed by atoms with van der Waals surface area (Å²) < 4.78 is 30.8. The van der Waals surface area contributed by atoms with Gasteiger partial charge in [-0.05, 0) is 31.4 Å². The van der Waals surface area contributed by atoms with E-state index < -0.39 is 12.0 Å². The second kappa shape index (κ2) is 4.26. The smallest absolute Gasteiger partial charge is 0.267 e. The van der Waals surface area contributed by atoms with Gasteiger partial charge in [-0.1, -0.05) is 11.6 Å². The molecule has 0 spiro atoms. The zero-order valence-corrected chi connectivity index (χ0v) is 9.96. The summed E-state index contributed by atoms with van der Waals surface area (Å²) in [6.45, 7) is 1.77. The number of aryl methyl sites for hydroxylation is 1. The summed E-state index contributed by atoms with van der Waals surface area (Å²) in [6.07, 6.45) is -0.711. The van der Waals surface area contributed by atoms with E-state index in [0.717, 1.165) is 18.4 Å². The molecule has 2 rings (SSSR count). The highest BCUT2D eigenvalue weighted by molar-refractivity contribution is 5.46. The molecule has 0 bridgehead atoms. The largest absolute Gasteiger partial charge is 0.496 e. The number of benzene rings is 1. The highest BCUT2D eigenvalue weighted by atomic mass is 19.3. The second-order valence-corrected chi connectivity index (χ2v) is 4.75. The van der Waals surface area contributed by atoms with Gasteiger partial charge in [0.1, 0.15) is 5.75 Å². The van der Waals surface area contributed by atoms with Gasteiger partial charge in [-0.3, -0.25) is 0 Å². The molecule has 0 saturated heterocycles. The van der Waals surface area contributed by atoms with E-state index in [0.29, 0.717) is 12.0 Å². The van der Waals surface area contributed by atoms with E-state index in [1.54, 1.807) is 13.0 Å². The van der Waals surface area contributed by atoms with E-state index in [2.05, 4.69) is 0 Å². The lowest BCUT2D eigenvalue weighted by Gasteiger charge is -2.16. The van der Waals surface area contributed by atoms with Crippen molar-refractivity contribution in [2.75, 3.05) is 7.11 Å². The first kappa shape index (κ1) is 12.3. The van der Waals surface area contributed by atoms with Gasteiger partial charge < -0.3 is 9.84 Å². The highest BCUT2D eigenvalue weighted by Crippen LogP contribution is 2.42. The standard InChI is InChI=1S/C13H16F2O2/c1-8-5-9(7-13(16)3-4-13)11(17-2)10(6-8)12(14)15/h5-6,12,16H,3-4,7H2,1-2H3. The third-order valence-corrected chi connectivity index (χ3v) is 3.12. The number of halogens is 2. The minimum Gasteiger partial charge on any atom is -0.496 e. The fourth-order valence-electron chi connectivity index (χ4n) is 2.10. The molecule has 4 heteroatoms. The Bertz CT molecular complexity index is 426. The predicted molar refractivity (Wildman–Crippen MR) is 60.6 cm³/mol. The van der Waals surface area contributed by atoms with Crippen molar-refractivity contribution in [1.82, 2.24) is 0 Å². The molecule has 0 amide bonds. The van der Waals surface area contributed by atoms with Crippen LogP contribution in [0.2, 0.25) is 0 Å². The molecular formula is C13H16F2O2. The third kappa shape index (κ3) is 2.57. The fourth-order valence-corrected chi connectivity index (χ4v) is 2.10. The summed E-state index contributed by atoms with van der Waals surface area (Å²) in [7, 11) is 1.39. The van der Waals surface area contributed by atoms with Gasteiger partial charge in [0.2, 0.25) is 0 Å². The lowest BCUT2D eigenvalue weighted by atomic mass is 9.99. The van der Waals surface area contributed by atoms with Crippen LogP contribution in [0.1, 0.15) is 36.0 Å². The molecule has 0 heterocycles. The lowest BCUT2D eigenvalue weighted by molar-refractivity contribution is 0.142. The molecule has 1 aliphatic carbocycles. The Balaban J connectivity index is 2.41. The number of ether oxygens (including phenoxy) is 1. The van der Waals surface area contributed by atoms with E-state index in [-0.39, 0.29) is 11.3 Å². The zero-order valence-electron chi connectivity index (χ0n) is 9.96. The van der Waals surface area contributed by atoms with Crippen molar-refractivity contribution in [2.45, 2.75) is 38.2 Å². The Morgan fingerprint density at radius 2 is 2.06 bits per heavy atom. The van der Waals surface area contributed by atoms with Crippen LogP contribution in [0.15, 0.2) is 12.1 Å². The third-order valence-electron chi connectivity index (χ3n) is 3.12. The summed E-state index contributed by atoms with van der Waals surface area (Å²) in [6, 6.07) is 3.24. The average Bonchev–Trinajstić information content (AvgIpc) is 2.95. The maximum Gasteiger partial charge on any atom is 0.267 e. The van der Waals surface area contributed by atoms with Crippen molar-refractivity contribution in [1.29, 1.82) is 0 Å². The van der Waals surface area contributed by atoms with Crippen LogP contribution in [0, 0.1) is 6.92 Å². The molecule has 17 heavy (non-hydrogen) atoms. The summed E-state index contributed by atoms with van der Waals surface area (Å²) in [5, 5.41) is 9.88. The van der Waals surface area contributed by atoms with Gasteiger partial charge in [-0.25, -0.2) is 8.78 Å². The van der Waals surface area contributed by atoms with Crippen LogP contribution in [0.5, 0.6) is 5.75 Å². The predicted octanol–water partition coefficient (Wildman–Crippen LogP) is 3.01. The number of hydrogen-bond acceptors (Lipinski definition) is 2. The lowest BCUT2D eigenvalue weighted by Crippen LogP contribution is -2.12. The van der Waals surface area contributed by atoms with Crippen molar-refractivity contribution in [3.8, 4) is 5.75 Å². The first-order valence-corrected chi connectivity index (χ1v) is 5.63. The first-order chi connectivity index (χ1) is 7.95. The molecule has 0 aromatic heterocycles. The maximum absolute atomic E-state index is 12.9. The Labute approximate surface area is 99.2 Å². The Morgan fingerprint density at radius 3 is 2.53 bits per heavy atom. The molecule has 0 unspecified atom stereocenters. The van der Waals surface area contributed by atoms with E-state index >= 15 is 0 Å². The minimum atomic E-state index is -2.56. The van der Waals surface area contributed by atoms with Crippen LogP contribution in [0.4, 0.5) is 8.78 Å². The topological polar surface area (TPSA) is 29.5 Å². The summed E-state index contributed by atoms with van der Waals surface area (Å²) in [4.78, 5) is 0. The van der Waals surface area contributed by atoms with E-state index in [9.17, 15) is 13.9 Å². The van der Waals surface area contributed by atoms with Gasteiger partial charge >= 0.3 is 0 Å². The van der Waals surface area contributed by atoms with Crippen LogP contribution >= 0.6 is 0 Å². The Hall–Kier alpha value is -1.16. The molecule has 1 aliphatic rings. The Kier molecular flexibility index (Phi) is 3.08. The first-order valence-electron chi connectivity index (χ1n) is 5.63. The van der Waals surface area contributed by atoms with Crippen LogP contribution in [-0.2, 0) is 6.42 Å². The summed E-state index contributed by atoms with van der Waals surface area (Å²) >= 11 is 0. The van der Waals surface area contributed by atoms with Crippen molar-refractivity contribution >= 4 is 0 Å². The van der Waals surface area contributed by atoms with Crippen molar-refractivity contribution in [2.24, 2.45) is 0 Å².